The van der Waals surface area contributed by atoms with Crippen LogP contribution in [0, 0.1) is 0 Å². The van der Waals surface area contributed by atoms with Gasteiger partial charge in [0.1, 0.15) is 0 Å². The zero-order valence-electron chi connectivity index (χ0n) is 26.6. The quantitative estimate of drug-likeness (QED) is 0.186. The first-order valence-electron chi connectivity index (χ1n) is 16.9. The standard InChI is InChI=1S/C46H29N3/c1-3-15-30(16-4-1)47-39-25-13-10-22-35(39)44-41(47)27-28-42-45(44)36-23-11-14-26-40(36)49(42)43-29-37-33-20-9-12-24-38(33)48(31-17-5-2-6-18-31)46(37)34-21-8-7-19-32(34)43/h1-29H. The molecule has 0 aliphatic carbocycles. The van der Waals surface area contributed by atoms with Crippen LogP contribution >= 0.6 is 0 Å². The molecule has 228 valence electrons. The normalized spacial score (nSPS) is 12.1. The van der Waals surface area contributed by atoms with Crippen molar-refractivity contribution in [2.45, 2.75) is 0 Å². The highest BCUT2D eigenvalue weighted by molar-refractivity contribution is 6.29. The van der Waals surface area contributed by atoms with Gasteiger partial charge in [-0.15, -0.1) is 0 Å². The second-order valence-electron chi connectivity index (χ2n) is 12.9. The maximum absolute atomic E-state index is 2.51. The van der Waals surface area contributed by atoms with Gasteiger partial charge in [0.15, 0.2) is 0 Å². The lowest BCUT2D eigenvalue weighted by Gasteiger charge is -2.15. The molecule has 0 radical (unpaired) electrons. The zero-order valence-corrected chi connectivity index (χ0v) is 26.6. The van der Waals surface area contributed by atoms with Crippen LogP contribution < -0.4 is 0 Å². The van der Waals surface area contributed by atoms with Crippen LogP contribution in [0.2, 0.25) is 0 Å². The third kappa shape index (κ3) is 3.56. The topological polar surface area (TPSA) is 14.8 Å². The summed E-state index contributed by atoms with van der Waals surface area (Å²) in [5.74, 6) is 0. The third-order valence-electron chi connectivity index (χ3n) is 10.4. The predicted molar refractivity (Wildman–Crippen MR) is 207 cm³/mol. The SMILES string of the molecule is c1ccc(-n2c3ccccc3c3c4c5ccccc5n(-c5cc6c7ccccc7n(-c7ccccc7)c6c6ccccc56)c4ccc32)cc1. The Balaban J connectivity index is 1.33. The van der Waals surface area contributed by atoms with E-state index in [0.717, 1.165) is 0 Å². The van der Waals surface area contributed by atoms with Crippen molar-refractivity contribution in [1.82, 2.24) is 13.7 Å². The van der Waals surface area contributed by atoms with Crippen molar-refractivity contribution < 1.29 is 0 Å². The van der Waals surface area contributed by atoms with Crippen molar-refractivity contribution in [3.63, 3.8) is 0 Å². The van der Waals surface area contributed by atoms with E-state index < -0.39 is 0 Å². The summed E-state index contributed by atoms with van der Waals surface area (Å²) in [5, 5.41) is 10.1. The molecule has 0 N–H and O–H groups in total. The molecule has 11 aromatic rings. The average Bonchev–Trinajstić information content (AvgIpc) is 3.81. The molecule has 3 heterocycles. The summed E-state index contributed by atoms with van der Waals surface area (Å²) in [6.07, 6.45) is 0. The van der Waals surface area contributed by atoms with Gasteiger partial charge in [0.25, 0.3) is 0 Å². The lowest BCUT2D eigenvalue weighted by Crippen LogP contribution is -1.98. The maximum atomic E-state index is 2.51. The molecule has 0 unspecified atom stereocenters. The molecule has 0 aliphatic heterocycles. The number of benzene rings is 8. The fourth-order valence-electron chi connectivity index (χ4n) is 8.47. The van der Waals surface area contributed by atoms with Crippen molar-refractivity contribution in [3.05, 3.63) is 176 Å². The summed E-state index contributed by atoms with van der Waals surface area (Å²) in [6.45, 7) is 0. The van der Waals surface area contributed by atoms with E-state index in [-0.39, 0.29) is 0 Å². The summed E-state index contributed by atoms with van der Waals surface area (Å²) < 4.78 is 7.36. The number of aromatic nitrogens is 3. The van der Waals surface area contributed by atoms with Gasteiger partial charge in [-0.25, -0.2) is 0 Å². The molecule has 8 aromatic carbocycles. The number of hydrogen-bond acceptors (Lipinski definition) is 0. The molecule has 0 bridgehead atoms. The number of fused-ring (bicyclic) bond motifs is 12. The minimum absolute atomic E-state index is 1.17. The monoisotopic (exact) mass is 623 g/mol. The van der Waals surface area contributed by atoms with Gasteiger partial charge in [0, 0.05) is 54.5 Å². The van der Waals surface area contributed by atoms with Crippen molar-refractivity contribution >= 4 is 76.2 Å². The van der Waals surface area contributed by atoms with Gasteiger partial charge in [-0.3, -0.25) is 0 Å². The number of nitrogens with zero attached hydrogens (tertiary/aromatic N) is 3. The summed E-state index contributed by atoms with van der Waals surface area (Å²) in [4.78, 5) is 0. The predicted octanol–water partition coefficient (Wildman–Crippen LogP) is 12.1. The van der Waals surface area contributed by atoms with E-state index in [1.807, 2.05) is 0 Å². The first kappa shape index (κ1) is 26.5. The summed E-state index contributed by atoms with van der Waals surface area (Å²) in [7, 11) is 0. The smallest absolute Gasteiger partial charge is 0.0621 e. The Labute approximate surface area is 282 Å². The lowest BCUT2D eigenvalue weighted by molar-refractivity contribution is 1.17. The Kier molecular flexibility index (Phi) is 5.38. The Morgan fingerprint density at radius 1 is 0.265 bits per heavy atom. The van der Waals surface area contributed by atoms with Gasteiger partial charge >= 0.3 is 0 Å². The molecule has 3 aromatic heterocycles. The molecule has 3 heteroatoms. The molecule has 0 amide bonds. The van der Waals surface area contributed by atoms with Crippen LogP contribution in [0.15, 0.2) is 176 Å². The van der Waals surface area contributed by atoms with E-state index in [1.165, 1.54) is 93.3 Å². The Bertz CT molecular complexity index is 3090. The van der Waals surface area contributed by atoms with Crippen LogP contribution in [-0.2, 0) is 0 Å². The van der Waals surface area contributed by atoms with Gasteiger partial charge in [0.2, 0.25) is 0 Å². The second kappa shape index (κ2) is 9.96. The highest BCUT2D eigenvalue weighted by Crippen LogP contribution is 2.45. The summed E-state index contributed by atoms with van der Waals surface area (Å²) in [5.41, 5.74) is 10.8. The fraction of sp³-hybridized carbons (Fsp3) is 0. The van der Waals surface area contributed by atoms with Gasteiger partial charge in [-0.1, -0.05) is 115 Å². The van der Waals surface area contributed by atoms with Crippen LogP contribution in [0.4, 0.5) is 0 Å². The highest BCUT2D eigenvalue weighted by atomic mass is 15.0. The first-order chi connectivity index (χ1) is 24.4. The van der Waals surface area contributed by atoms with E-state index in [9.17, 15) is 0 Å². The van der Waals surface area contributed by atoms with Gasteiger partial charge < -0.3 is 13.7 Å². The van der Waals surface area contributed by atoms with Crippen LogP contribution in [0.5, 0.6) is 0 Å². The molecule has 0 aliphatic rings. The maximum Gasteiger partial charge on any atom is 0.0621 e. The van der Waals surface area contributed by atoms with E-state index in [4.69, 9.17) is 0 Å². The van der Waals surface area contributed by atoms with E-state index in [1.54, 1.807) is 0 Å². The molecule has 0 saturated heterocycles. The highest BCUT2D eigenvalue weighted by Gasteiger charge is 2.23. The van der Waals surface area contributed by atoms with E-state index in [0.29, 0.717) is 0 Å². The number of hydrogen-bond donors (Lipinski definition) is 0. The Morgan fingerprint density at radius 3 is 1.31 bits per heavy atom. The van der Waals surface area contributed by atoms with Crippen LogP contribution in [0.25, 0.3) is 93.3 Å². The number of rotatable bonds is 3. The average molecular weight is 624 g/mol. The second-order valence-corrected chi connectivity index (χ2v) is 12.9. The largest absolute Gasteiger partial charge is 0.309 e. The Hall–Kier alpha value is -6.58. The van der Waals surface area contributed by atoms with Crippen LogP contribution in [0.1, 0.15) is 0 Å². The minimum atomic E-state index is 1.17. The summed E-state index contributed by atoms with van der Waals surface area (Å²) >= 11 is 0. The molecule has 0 spiro atoms. The first-order valence-corrected chi connectivity index (χ1v) is 16.9. The Morgan fingerprint density at radius 2 is 0.694 bits per heavy atom. The zero-order chi connectivity index (χ0) is 32.1. The third-order valence-corrected chi connectivity index (χ3v) is 10.4. The van der Waals surface area contributed by atoms with Crippen molar-refractivity contribution in [1.29, 1.82) is 0 Å². The van der Waals surface area contributed by atoms with E-state index >= 15 is 0 Å². The molecule has 49 heavy (non-hydrogen) atoms. The van der Waals surface area contributed by atoms with Gasteiger partial charge in [0.05, 0.1) is 38.8 Å². The van der Waals surface area contributed by atoms with Crippen molar-refractivity contribution in [3.8, 4) is 17.1 Å². The molecule has 0 atom stereocenters. The minimum Gasteiger partial charge on any atom is -0.309 e. The molecular weight excluding hydrogens is 595 g/mol. The fourth-order valence-corrected chi connectivity index (χ4v) is 8.47. The van der Waals surface area contributed by atoms with E-state index in [2.05, 4.69) is 190 Å². The molecular formula is C46H29N3. The molecule has 0 fully saturated rings. The lowest BCUT2D eigenvalue weighted by atomic mass is 10.0. The van der Waals surface area contributed by atoms with Gasteiger partial charge in [-0.2, -0.15) is 0 Å². The van der Waals surface area contributed by atoms with Gasteiger partial charge in [-0.05, 0) is 60.7 Å². The molecule has 11 rings (SSSR count). The van der Waals surface area contributed by atoms with Crippen LogP contribution in [0.3, 0.4) is 0 Å². The summed E-state index contributed by atoms with van der Waals surface area (Å²) in [6, 6.07) is 64.1. The van der Waals surface area contributed by atoms with Crippen molar-refractivity contribution in [2.24, 2.45) is 0 Å². The molecule has 0 saturated carbocycles. The van der Waals surface area contributed by atoms with Crippen LogP contribution in [-0.4, -0.2) is 13.7 Å². The number of para-hydroxylation sites is 5. The van der Waals surface area contributed by atoms with Crippen molar-refractivity contribution in [2.75, 3.05) is 0 Å². The molecule has 3 nitrogen and oxygen atoms in total.